The minimum atomic E-state index is 0.639. The standard InChI is InChI=1S/C13H16N6/c1-14-8-10-4-3-5-12-11(10)6-7-19(12)9-13-15-17-18(2)16-13/h3-7,14H,8-9H2,1-2H3. The number of nitrogens with zero attached hydrogens (tertiary/aromatic N) is 5. The third-order valence-electron chi connectivity index (χ3n) is 3.13. The minimum Gasteiger partial charge on any atom is -0.340 e. The summed E-state index contributed by atoms with van der Waals surface area (Å²) in [7, 11) is 3.73. The number of aromatic nitrogens is 5. The van der Waals surface area contributed by atoms with Crippen molar-refractivity contribution in [2.45, 2.75) is 13.1 Å². The van der Waals surface area contributed by atoms with Crippen molar-refractivity contribution in [3.8, 4) is 0 Å². The lowest BCUT2D eigenvalue weighted by atomic mass is 10.1. The molecule has 1 aromatic carbocycles. The van der Waals surface area contributed by atoms with Crippen LogP contribution in [0.15, 0.2) is 30.5 Å². The molecule has 0 aliphatic rings. The molecule has 19 heavy (non-hydrogen) atoms. The van der Waals surface area contributed by atoms with Crippen molar-refractivity contribution >= 4 is 10.9 Å². The maximum Gasteiger partial charge on any atom is 0.194 e. The summed E-state index contributed by atoms with van der Waals surface area (Å²) in [6.07, 6.45) is 2.07. The molecule has 0 aliphatic carbocycles. The molecule has 0 saturated carbocycles. The Hall–Kier alpha value is -2.21. The Morgan fingerprint density at radius 1 is 1.26 bits per heavy atom. The van der Waals surface area contributed by atoms with Gasteiger partial charge in [0.2, 0.25) is 0 Å². The zero-order valence-electron chi connectivity index (χ0n) is 11.0. The van der Waals surface area contributed by atoms with E-state index >= 15 is 0 Å². The number of rotatable bonds is 4. The van der Waals surface area contributed by atoms with E-state index < -0.39 is 0 Å². The Morgan fingerprint density at radius 3 is 2.89 bits per heavy atom. The molecule has 6 nitrogen and oxygen atoms in total. The van der Waals surface area contributed by atoms with E-state index in [0.29, 0.717) is 6.54 Å². The van der Waals surface area contributed by atoms with Crippen LogP contribution in [-0.2, 0) is 20.1 Å². The maximum atomic E-state index is 4.21. The Balaban J connectivity index is 1.98. The number of aryl methyl sites for hydroxylation is 1. The van der Waals surface area contributed by atoms with E-state index in [1.165, 1.54) is 21.3 Å². The van der Waals surface area contributed by atoms with Crippen LogP contribution in [0.4, 0.5) is 0 Å². The summed E-state index contributed by atoms with van der Waals surface area (Å²) in [6.45, 7) is 1.51. The summed E-state index contributed by atoms with van der Waals surface area (Å²) in [6, 6.07) is 8.47. The molecule has 3 rings (SSSR count). The van der Waals surface area contributed by atoms with Crippen molar-refractivity contribution in [2.75, 3.05) is 7.05 Å². The molecular weight excluding hydrogens is 240 g/mol. The molecule has 3 aromatic rings. The first-order valence-electron chi connectivity index (χ1n) is 6.22. The monoisotopic (exact) mass is 256 g/mol. The zero-order chi connectivity index (χ0) is 13.2. The molecule has 0 aliphatic heterocycles. The highest BCUT2D eigenvalue weighted by Crippen LogP contribution is 2.20. The van der Waals surface area contributed by atoms with Gasteiger partial charge in [-0.25, -0.2) is 0 Å². The number of benzene rings is 1. The van der Waals surface area contributed by atoms with E-state index in [9.17, 15) is 0 Å². The van der Waals surface area contributed by atoms with Gasteiger partial charge in [0, 0.05) is 23.6 Å². The van der Waals surface area contributed by atoms with Gasteiger partial charge in [-0.05, 0) is 30.0 Å². The molecule has 98 valence electrons. The Bertz CT molecular complexity index is 696. The minimum absolute atomic E-state index is 0.639. The normalized spacial score (nSPS) is 11.3. The predicted molar refractivity (Wildman–Crippen MR) is 72.6 cm³/mol. The summed E-state index contributed by atoms with van der Waals surface area (Å²) < 4.78 is 2.14. The molecule has 0 amide bonds. The van der Waals surface area contributed by atoms with Crippen LogP contribution in [0.5, 0.6) is 0 Å². The first kappa shape index (κ1) is 11.9. The summed E-state index contributed by atoms with van der Waals surface area (Å²) in [5.74, 6) is 0.721. The van der Waals surface area contributed by atoms with Crippen LogP contribution in [0, 0.1) is 0 Å². The molecule has 0 spiro atoms. The van der Waals surface area contributed by atoms with Gasteiger partial charge in [-0.3, -0.25) is 0 Å². The van der Waals surface area contributed by atoms with E-state index in [1.807, 2.05) is 7.05 Å². The highest BCUT2D eigenvalue weighted by molar-refractivity contribution is 5.83. The number of tetrazole rings is 1. The fourth-order valence-electron chi connectivity index (χ4n) is 2.31. The van der Waals surface area contributed by atoms with Gasteiger partial charge in [0.15, 0.2) is 5.82 Å². The van der Waals surface area contributed by atoms with Gasteiger partial charge in [0.1, 0.15) is 0 Å². The topological polar surface area (TPSA) is 60.6 Å². The molecule has 1 N–H and O–H groups in total. The zero-order valence-corrected chi connectivity index (χ0v) is 11.0. The van der Waals surface area contributed by atoms with E-state index in [0.717, 1.165) is 12.4 Å². The Labute approximate surface area is 111 Å². The maximum absolute atomic E-state index is 4.21. The summed E-state index contributed by atoms with van der Waals surface area (Å²) in [5, 5.41) is 16.5. The summed E-state index contributed by atoms with van der Waals surface area (Å²) in [5.41, 5.74) is 2.49. The first-order chi connectivity index (χ1) is 9.28. The van der Waals surface area contributed by atoms with Crippen molar-refractivity contribution in [3.63, 3.8) is 0 Å². The summed E-state index contributed by atoms with van der Waals surface area (Å²) in [4.78, 5) is 1.48. The van der Waals surface area contributed by atoms with Crippen LogP contribution in [0.2, 0.25) is 0 Å². The van der Waals surface area contributed by atoms with Gasteiger partial charge in [-0.2, -0.15) is 4.80 Å². The SMILES string of the molecule is CNCc1cccc2c1ccn2Cc1nnn(C)n1. The lowest BCUT2D eigenvalue weighted by molar-refractivity contribution is 0.626. The van der Waals surface area contributed by atoms with Gasteiger partial charge >= 0.3 is 0 Å². The lowest BCUT2D eigenvalue weighted by Gasteiger charge is -2.05. The Morgan fingerprint density at radius 2 is 2.16 bits per heavy atom. The number of fused-ring (bicyclic) bond motifs is 1. The van der Waals surface area contributed by atoms with Gasteiger partial charge in [0.05, 0.1) is 13.6 Å². The smallest absolute Gasteiger partial charge is 0.194 e. The fourth-order valence-corrected chi connectivity index (χ4v) is 2.31. The fraction of sp³-hybridized carbons (Fsp3) is 0.308. The van der Waals surface area contributed by atoms with Gasteiger partial charge in [0.25, 0.3) is 0 Å². The quantitative estimate of drug-likeness (QED) is 0.754. The molecule has 0 unspecified atom stereocenters. The highest BCUT2D eigenvalue weighted by Gasteiger charge is 2.07. The van der Waals surface area contributed by atoms with Crippen molar-refractivity contribution in [3.05, 3.63) is 41.9 Å². The molecule has 0 radical (unpaired) electrons. The largest absolute Gasteiger partial charge is 0.340 e. The molecule has 0 fully saturated rings. The Kier molecular flexibility index (Phi) is 3.00. The van der Waals surface area contributed by atoms with Crippen molar-refractivity contribution < 1.29 is 0 Å². The average molecular weight is 256 g/mol. The predicted octanol–water partition coefficient (Wildman–Crippen LogP) is 0.932. The van der Waals surface area contributed by atoms with Gasteiger partial charge in [-0.15, -0.1) is 10.2 Å². The molecule has 0 atom stereocenters. The van der Waals surface area contributed by atoms with E-state index in [1.54, 1.807) is 7.05 Å². The van der Waals surface area contributed by atoms with Crippen molar-refractivity contribution in [2.24, 2.45) is 7.05 Å². The summed E-state index contributed by atoms with van der Waals surface area (Å²) >= 11 is 0. The lowest BCUT2D eigenvalue weighted by Crippen LogP contribution is -2.05. The van der Waals surface area contributed by atoms with Crippen LogP contribution < -0.4 is 5.32 Å². The van der Waals surface area contributed by atoms with E-state index in [4.69, 9.17) is 0 Å². The first-order valence-corrected chi connectivity index (χ1v) is 6.22. The second-order valence-corrected chi connectivity index (χ2v) is 4.52. The van der Waals surface area contributed by atoms with Crippen LogP contribution in [0.25, 0.3) is 10.9 Å². The third kappa shape index (κ3) is 2.22. The van der Waals surface area contributed by atoms with E-state index in [2.05, 4.69) is 55.8 Å². The van der Waals surface area contributed by atoms with Gasteiger partial charge < -0.3 is 9.88 Å². The van der Waals surface area contributed by atoms with Crippen LogP contribution in [-0.4, -0.2) is 31.8 Å². The number of hydrogen-bond acceptors (Lipinski definition) is 4. The average Bonchev–Trinajstić information content (AvgIpc) is 2.99. The van der Waals surface area contributed by atoms with Crippen LogP contribution in [0.3, 0.4) is 0 Å². The molecular formula is C13H16N6. The second-order valence-electron chi connectivity index (χ2n) is 4.52. The molecule has 0 saturated heterocycles. The van der Waals surface area contributed by atoms with E-state index in [-0.39, 0.29) is 0 Å². The number of nitrogens with one attached hydrogen (secondary N) is 1. The third-order valence-corrected chi connectivity index (χ3v) is 3.13. The molecule has 2 aromatic heterocycles. The van der Waals surface area contributed by atoms with Crippen LogP contribution in [0.1, 0.15) is 11.4 Å². The molecule has 0 bridgehead atoms. The molecule has 2 heterocycles. The second kappa shape index (κ2) is 4.81. The highest BCUT2D eigenvalue weighted by atomic mass is 15.6. The molecule has 6 heteroatoms. The van der Waals surface area contributed by atoms with Crippen molar-refractivity contribution in [1.29, 1.82) is 0 Å². The van der Waals surface area contributed by atoms with Gasteiger partial charge in [-0.1, -0.05) is 12.1 Å². The van der Waals surface area contributed by atoms with Crippen molar-refractivity contribution in [1.82, 2.24) is 30.1 Å². The van der Waals surface area contributed by atoms with Crippen LogP contribution >= 0.6 is 0 Å². The number of hydrogen-bond donors (Lipinski definition) is 1.